The van der Waals surface area contributed by atoms with Crippen LogP contribution in [0.5, 0.6) is 0 Å². The smallest absolute Gasteiger partial charge is 0.270 e. The number of aromatic nitrogens is 1. The maximum absolute atomic E-state index is 12.9. The van der Waals surface area contributed by atoms with Crippen molar-refractivity contribution >= 4 is 28.8 Å². The lowest BCUT2D eigenvalue weighted by Crippen LogP contribution is -2.36. The Morgan fingerprint density at radius 2 is 1.54 bits per heavy atom. The number of nitrogens with one attached hydrogen (secondary N) is 1. The van der Waals surface area contributed by atoms with Crippen LogP contribution in [0.25, 0.3) is 0 Å². The van der Waals surface area contributed by atoms with Crippen LogP contribution in [0.1, 0.15) is 76.6 Å². The molecule has 3 aromatic carbocycles. The standard InChI is InChI=1S/C33H36ClN3OS/c34-28-18-16-25(17-19-28)22-37(21-20-30(26-10-4-1-5-11-26)27-12-6-2-7-13-27)23-32-36-31(24-39-32)33(38)35-29-14-8-3-9-15-29/h1-2,4-7,10-13,16-19,24,29-30H,3,8-9,14-15,20-23H2,(H,35,38). The first-order valence-corrected chi connectivity index (χ1v) is 15.2. The second kappa shape index (κ2) is 13.9. The molecule has 0 bridgehead atoms. The van der Waals surface area contributed by atoms with Crippen LogP contribution in [-0.4, -0.2) is 28.4 Å². The Balaban J connectivity index is 1.31. The maximum atomic E-state index is 12.9. The Labute approximate surface area is 241 Å². The van der Waals surface area contributed by atoms with Gasteiger partial charge in [0, 0.05) is 28.9 Å². The molecule has 1 aromatic heterocycles. The van der Waals surface area contributed by atoms with E-state index >= 15 is 0 Å². The number of nitrogens with zero attached hydrogens (tertiary/aromatic N) is 2. The highest BCUT2D eigenvalue weighted by Crippen LogP contribution is 2.29. The Kier molecular flexibility index (Phi) is 9.81. The molecule has 1 fully saturated rings. The Morgan fingerprint density at radius 3 is 2.18 bits per heavy atom. The molecular weight excluding hydrogens is 522 g/mol. The Morgan fingerprint density at radius 1 is 0.897 bits per heavy atom. The normalized spacial score (nSPS) is 14.1. The van der Waals surface area contributed by atoms with Crippen molar-refractivity contribution in [3.05, 3.63) is 123 Å². The molecule has 39 heavy (non-hydrogen) atoms. The van der Waals surface area contributed by atoms with E-state index in [-0.39, 0.29) is 11.9 Å². The first-order chi connectivity index (χ1) is 19.1. The average molecular weight is 558 g/mol. The number of halogens is 1. The average Bonchev–Trinajstić information content (AvgIpc) is 3.45. The number of benzene rings is 3. The molecule has 0 radical (unpaired) electrons. The van der Waals surface area contributed by atoms with E-state index in [4.69, 9.17) is 16.6 Å². The SMILES string of the molecule is O=C(NC1CCCCC1)c1csc(CN(CCC(c2ccccc2)c2ccccc2)Cc2ccc(Cl)cc2)n1. The van der Waals surface area contributed by atoms with Crippen LogP contribution < -0.4 is 5.32 Å². The van der Waals surface area contributed by atoms with Crippen LogP contribution in [0.3, 0.4) is 0 Å². The summed E-state index contributed by atoms with van der Waals surface area (Å²) >= 11 is 7.73. The van der Waals surface area contributed by atoms with Crippen LogP contribution in [0, 0.1) is 0 Å². The molecule has 0 atom stereocenters. The van der Waals surface area contributed by atoms with Gasteiger partial charge in [-0.15, -0.1) is 11.3 Å². The van der Waals surface area contributed by atoms with Gasteiger partial charge < -0.3 is 5.32 Å². The van der Waals surface area contributed by atoms with Crippen molar-refractivity contribution in [1.29, 1.82) is 0 Å². The zero-order chi connectivity index (χ0) is 26.9. The minimum atomic E-state index is -0.0399. The molecule has 1 aliphatic carbocycles. The number of amides is 1. The predicted molar refractivity (Wildman–Crippen MR) is 161 cm³/mol. The predicted octanol–water partition coefficient (Wildman–Crippen LogP) is 8.08. The molecule has 1 N–H and O–H groups in total. The lowest BCUT2D eigenvalue weighted by atomic mass is 9.88. The third kappa shape index (κ3) is 8.01. The second-order valence-electron chi connectivity index (χ2n) is 10.4. The maximum Gasteiger partial charge on any atom is 0.270 e. The van der Waals surface area contributed by atoms with Gasteiger partial charge in [0.2, 0.25) is 0 Å². The third-order valence-electron chi connectivity index (χ3n) is 7.54. The Bertz CT molecular complexity index is 1260. The summed E-state index contributed by atoms with van der Waals surface area (Å²) in [5.74, 6) is 0.259. The highest BCUT2D eigenvalue weighted by molar-refractivity contribution is 7.09. The molecule has 5 rings (SSSR count). The molecule has 0 spiro atoms. The summed E-state index contributed by atoms with van der Waals surface area (Å²) in [4.78, 5) is 20.1. The molecule has 0 aliphatic heterocycles. The number of rotatable bonds is 11. The molecule has 0 saturated heterocycles. The molecule has 4 aromatic rings. The summed E-state index contributed by atoms with van der Waals surface area (Å²) in [6.45, 7) is 2.37. The molecule has 0 unspecified atom stereocenters. The van der Waals surface area contributed by atoms with E-state index < -0.39 is 0 Å². The van der Waals surface area contributed by atoms with E-state index in [1.165, 1.54) is 36.0 Å². The van der Waals surface area contributed by atoms with Crippen LogP contribution in [0.15, 0.2) is 90.3 Å². The van der Waals surface area contributed by atoms with Crippen LogP contribution >= 0.6 is 22.9 Å². The van der Waals surface area contributed by atoms with Gasteiger partial charge in [-0.3, -0.25) is 9.69 Å². The lowest BCUT2D eigenvalue weighted by molar-refractivity contribution is 0.0923. The van der Waals surface area contributed by atoms with Crippen molar-refractivity contribution < 1.29 is 4.79 Å². The highest BCUT2D eigenvalue weighted by atomic mass is 35.5. The summed E-state index contributed by atoms with van der Waals surface area (Å²) < 4.78 is 0. The van der Waals surface area contributed by atoms with E-state index in [2.05, 4.69) is 83.0 Å². The molecule has 1 aliphatic rings. The number of thiazole rings is 1. The summed E-state index contributed by atoms with van der Waals surface area (Å²) in [6, 6.07) is 29.9. The van der Waals surface area contributed by atoms with Crippen molar-refractivity contribution in [2.45, 2.75) is 63.6 Å². The monoisotopic (exact) mass is 557 g/mol. The van der Waals surface area contributed by atoms with Crippen molar-refractivity contribution in [2.24, 2.45) is 0 Å². The van der Waals surface area contributed by atoms with Gasteiger partial charge in [-0.25, -0.2) is 4.98 Å². The quantitative estimate of drug-likeness (QED) is 0.203. The lowest BCUT2D eigenvalue weighted by Gasteiger charge is -2.25. The summed E-state index contributed by atoms with van der Waals surface area (Å²) in [6.07, 6.45) is 6.77. The van der Waals surface area contributed by atoms with Crippen molar-refractivity contribution in [1.82, 2.24) is 15.2 Å². The van der Waals surface area contributed by atoms with E-state index in [0.29, 0.717) is 18.2 Å². The number of hydrogen-bond donors (Lipinski definition) is 1. The van der Waals surface area contributed by atoms with E-state index in [9.17, 15) is 4.79 Å². The first kappa shape index (κ1) is 27.6. The van der Waals surface area contributed by atoms with Gasteiger partial charge in [-0.05, 0) is 54.6 Å². The van der Waals surface area contributed by atoms with E-state index in [1.54, 1.807) is 11.3 Å². The van der Waals surface area contributed by atoms with E-state index in [1.807, 2.05) is 17.5 Å². The number of carbonyl (C=O) groups excluding carboxylic acids is 1. The van der Waals surface area contributed by atoms with Gasteiger partial charge in [0.05, 0.1) is 6.54 Å². The van der Waals surface area contributed by atoms with E-state index in [0.717, 1.165) is 42.4 Å². The van der Waals surface area contributed by atoms with Crippen molar-refractivity contribution in [3.8, 4) is 0 Å². The molecule has 1 saturated carbocycles. The fourth-order valence-corrected chi connectivity index (χ4v) is 6.40. The number of hydrogen-bond acceptors (Lipinski definition) is 4. The summed E-state index contributed by atoms with van der Waals surface area (Å²) in [5.41, 5.74) is 4.40. The number of carbonyl (C=O) groups is 1. The molecule has 6 heteroatoms. The van der Waals surface area contributed by atoms with Crippen LogP contribution in [-0.2, 0) is 13.1 Å². The minimum absolute atomic E-state index is 0.0399. The van der Waals surface area contributed by atoms with Gasteiger partial charge in [0.15, 0.2) is 0 Å². The first-order valence-electron chi connectivity index (χ1n) is 14.0. The van der Waals surface area contributed by atoms with Crippen molar-refractivity contribution in [2.75, 3.05) is 6.54 Å². The van der Waals surface area contributed by atoms with Gasteiger partial charge >= 0.3 is 0 Å². The van der Waals surface area contributed by atoms with Crippen LogP contribution in [0.2, 0.25) is 5.02 Å². The van der Waals surface area contributed by atoms with Crippen molar-refractivity contribution in [3.63, 3.8) is 0 Å². The third-order valence-corrected chi connectivity index (χ3v) is 8.63. The Hall–Kier alpha value is -2.99. The molecule has 4 nitrogen and oxygen atoms in total. The zero-order valence-electron chi connectivity index (χ0n) is 22.3. The van der Waals surface area contributed by atoms with Gasteiger partial charge in [-0.2, -0.15) is 0 Å². The van der Waals surface area contributed by atoms with Gasteiger partial charge in [0.25, 0.3) is 5.91 Å². The summed E-state index contributed by atoms with van der Waals surface area (Å²) in [7, 11) is 0. The highest BCUT2D eigenvalue weighted by Gasteiger charge is 2.20. The fourth-order valence-electron chi connectivity index (χ4n) is 5.46. The van der Waals surface area contributed by atoms with Crippen LogP contribution in [0.4, 0.5) is 0 Å². The summed E-state index contributed by atoms with van der Waals surface area (Å²) in [5, 5.41) is 6.82. The van der Waals surface area contributed by atoms with Gasteiger partial charge in [0.1, 0.15) is 10.7 Å². The largest absolute Gasteiger partial charge is 0.348 e. The molecule has 1 heterocycles. The topological polar surface area (TPSA) is 45.2 Å². The fraction of sp³-hybridized carbons (Fsp3) is 0.333. The molecule has 202 valence electrons. The zero-order valence-corrected chi connectivity index (χ0v) is 23.8. The second-order valence-corrected chi connectivity index (χ2v) is 11.8. The van der Waals surface area contributed by atoms with Gasteiger partial charge in [-0.1, -0.05) is 104 Å². The minimum Gasteiger partial charge on any atom is -0.348 e. The molecule has 1 amide bonds. The molecular formula is C33H36ClN3OS.